The smallest absolute Gasteiger partial charge is 0.139 e. The number of anilines is 1. The minimum atomic E-state index is 0.703. The molecule has 1 aromatic rings. The fourth-order valence-corrected chi connectivity index (χ4v) is 1.79. The highest BCUT2D eigenvalue weighted by Gasteiger charge is 2.06. The number of aromatic nitrogens is 1. The molecule has 1 aromatic heterocycles. The van der Waals surface area contributed by atoms with Crippen molar-refractivity contribution in [3.8, 4) is 0 Å². The zero-order valence-corrected chi connectivity index (χ0v) is 11.7. The summed E-state index contributed by atoms with van der Waals surface area (Å²) in [5, 5.41) is 0. The molecule has 0 amide bonds. The van der Waals surface area contributed by atoms with Gasteiger partial charge in [-0.2, -0.15) is 0 Å². The Kier molecular flexibility index (Phi) is 6.64. The lowest BCUT2D eigenvalue weighted by atomic mass is 10.2. The monoisotopic (exact) mass is 251 g/mol. The molecule has 0 atom stereocenters. The topological polar surface area (TPSA) is 57.4 Å². The summed E-state index contributed by atoms with van der Waals surface area (Å²) in [7, 11) is 4.21. The van der Waals surface area contributed by atoms with Gasteiger partial charge in [0.05, 0.1) is 0 Å². The van der Waals surface area contributed by atoms with Crippen LogP contribution in [0.15, 0.2) is 18.3 Å². The molecule has 5 nitrogen and oxygen atoms in total. The van der Waals surface area contributed by atoms with E-state index in [9.17, 15) is 0 Å². The van der Waals surface area contributed by atoms with Gasteiger partial charge in [0.15, 0.2) is 0 Å². The van der Waals surface area contributed by atoms with Crippen molar-refractivity contribution >= 4 is 5.82 Å². The summed E-state index contributed by atoms with van der Waals surface area (Å²) >= 11 is 0. The summed E-state index contributed by atoms with van der Waals surface area (Å²) in [4.78, 5) is 8.89. The van der Waals surface area contributed by atoms with E-state index in [1.165, 1.54) is 12.0 Å². The number of nitrogens with zero attached hydrogens (tertiary/aromatic N) is 3. The highest BCUT2D eigenvalue weighted by molar-refractivity contribution is 5.33. The molecule has 0 saturated heterocycles. The number of nitrogen functional groups attached to an aromatic ring is 1. The van der Waals surface area contributed by atoms with Gasteiger partial charge in [0.25, 0.3) is 0 Å². The van der Waals surface area contributed by atoms with Gasteiger partial charge in [-0.3, -0.25) is 4.90 Å². The summed E-state index contributed by atoms with van der Waals surface area (Å²) in [5.74, 6) is 6.00. The maximum atomic E-state index is 5.30. The third kappa shape index (κ3) is 5.44. The van der Waals surface area contributed by atoms with E-state index < -0.39 is 0 Å². The Bertz CT molecular complexity index is 323. The standard InChI is InChI=1S/C13H25N5/c1-4-7-18(9-8-17(2)3)11-12-5-6-13(16-14)15-10-12/h5-6,10H,4,7-9,11,14H2,1-3H3,(H,15,16). The summed E-state index contributed by atoms with van der Waals surface area (Å²) in [5.41, 5.74) is 3.76. The molecule has 0 aliphatic carbocycles. The number of hydrogen-bond donors (Lipinski definition) is 2. The molecule has 102 valence electrons. The Morgan fingerprint density at radius 2 is 2.00 bits per heavy atom. The average molecular weight is 251 g/mol. The van der Waals surface area contributed by atoms with E-state index in [0.717, 1.165) is 26.2 Å². The molecule has 0 aliphatic rings. The molecule has 1 rings (SSSR count). The quantitative estimate of drug-likeness (QED) is 0.536. The second-order valence-corrected chi connectivity index (χ2v) is 4.78. The number of hydrazine groups is 1. The third-order valence-corrected chi connectivity index (χ3v) is 2.78. The zero-order chi connectivity index (χ0) is 13.4. The molecule has 0 saturated carbocycles. The van der Waals surface area contributed by atoms with Crippen molar-refractivity contribution in [3.05, 3.63) is 23.9 Å². The molecular weight excluding hydrogens is 226 g/mol. The maximum absolute atomic E-state index is 5.30. The van der Waals surface area contributed by atoms with Gasteiger partial charge in [0, 0.05) is 25.8 Å². The molecule has 18 heavy (non-hydrogen) atoms. The predicted molar refractivity (Wildman–Crippen MR) is 76.2 cm³/mol. The Balaban J connectivity index is 2.52. The van der Waals surface area contributed by atoms with Gasteiger partial charge in [0.1, 0.15) is 5.82 Å². The predicted octanol–water partition coefficient (Wildman–Crippen LogP) is 1.14. The first-order chi connectivity index (χ1) is 8.65. The number of nitrogens with two attached hydrogens (primary N) is 1. The second kappa shape index (κ2) is 8.02. The Morgan fingerprint density at radius 1 is 1.22 bits per heavy atom. The van der Waals surface area contributed by atoms with E-state index in [1.807, 2.05) is 12.3 Å². The molecular formula is C13H25N5. The van der Waals surface area contributed by atoms with Crippen LogP contribution in [-0.2, 0) is 6.54 Å². The first kappa shape index (κ1) is 14.9. The fraction of sp³-hybridized carbons (Fsp3) is 0.615. The summed E-state index contributed by atoms with van der Waals surface area (Å²) in [6.07, 6.45) is 3.05. The second-order valence-electron chi connectivity index (χ2n) is 4.78. The molecule has 0 spiro atoms. The number of pyridine rings is 1. The highest BCUT2D eigenvalue weighted by atomic mass is 15.2. The van der Waals surface area contributed by atoms with Crippen molar-refractivity contribution in [3.63, 3.8) is 0 Å². The van der Waals surface area contributed by atoms with E-state index in [2.05, 4.69) is 47.3 Å². The molecule has 0 radical (unpaired) electrons. The van der Waals surface area contributed by atoms with Gasteiger partial charge >= 0.3 is 0 Å². The first-order valence-corrected chi connectivity index (χ1v) is 6.44. The van der Waals surface area contributed by atoms with E-state index in [-0.39, 0.29) is 0 Å². The van der Waals surface area contributed by atoms with Crippen LogP contribution < -0.4 is 11.3 Å². The molecule has 0 aliphatic heterocycles. The Hall–Kier alpha value is -1.17. The van der Waals surface area contributed by atoms with E-state index in [0.29, 0.717) is 5.82 Å². The molecule has 0 bridgehead atoms. The summed E-state index contributed by atoms with van der Waals surface area (Å²) < 4.78 is 0. The van der Waals surface area contributed by atoms with Gasteiger partial charge in [-0.15, -0.1) is 0 Å². The van der Waals surface area contributed by atoms with Gasteiger partial charge in [-0.1, -0.05) is 13.0 Å². The van der Waals surface area contributed by atoms with Crippen LogP contribution in [0.3, 0.4) is 0 Å². The van der Waals surface area contributed by atoms with Gasteiger partial charge < -0.3 is 10.3 Å². The van der Waals surface area contributed by atoms with Crippen LogP contribution in [0.25, 0.3) is 0 Å². The van der Waals surface area contributed by atoms with Crippen LogP contribution in [-0.4, -0.2) is 48.5 Å². The minimum Gasteiger partial charge on any atom is -0.308 e. The third-order valence-electron chi connectivity index (χ3n) is 2.78. The molecule has 5 heteroatoms. The van der Waals surface area contributed by atoms with Crippen molar-refractivity contribution in [1.82, 2.24) is 14.8 Å². The molecule has 0 unspecified atom stereocenters. The van der Waals surface area contributed by atoms with Gasteiger partial charge in [-0.05, 0) is 38.7 Å². The van der Waals surface area contributed by atoms with E-state index in [1.54, 1.807) is 0 Å². The lowest BCUT2D eigenvalue weighted by molar-refractivity contribution is 0.234. The van der Waals surface area contributed by atoms with Crippen molar-refractivity contribution < 1.29 is 0 Å². The number of likely N-dealkylation sites (N-methyl/N-ethyl adjacent to an activating group) is 1. The normalized spacial score (nSPS) is 11.2. The SMILES string of the molecule is CCCN(CCN(C)C)Cc1ccc(NN)nc1. The lowest BCUT2D eigenvalue weighted by Crippen LogP contribution is -2.32. The first-order valence-electron chi connectivity index (χ1n) is 6.44. The van der Waals surface area contributed by atoms with Crippen LogP contribution in [0.5, 0.6) is 0 Å². The number of rotatable bonds is 8. The molecule has 1 heterocycles. The van der Waals surface area contributed by atoms with Crippen molar-refractivity contribution in [2.75, 3.05) is 39.2 Å². The van der Waals surface area contributed by atoms with Crippen LogP contribution in [0.2, 0.25) is 0 Å². The average Bonchev–Trinajstić information content (AvgIpc) is 2.37. The zero-order valence-electron chi connectivity index (χ0n) is 11.7. The van der Waals surface area contributed by atoms with Crippen LogP contribution in [0.1, 0.15) is 18.9 Å². The van der Waals surface area contributed by atoms with E-state index >= 15 is 0 Å². The van der Waals surface area contributed by atoms with Gasteiger partial charge in [0.2, 0.25) is 0 Å². The maximum Gasteiger partial charge on any atom is 0.139 e. The van der Waals surface area contributed by atoms with Crippen molar-refractivity contribution in [1.29, 1.82) is 0 Å². The van der Waals surface area contributed by atoms with Crippen LogP contribution in [0.4, 0.5) is 5.82 Å². The Morgan fingerprint density at radius 3 is 2.50 bits per heavy atom. The van der Waals surface area contributed by atoms with Crippen molar-refractivity contribution in [2.24, 2.45) is 5.84 Å². The Labute approximate surface area is 110 Å². The largest absolute Gasteiger partial charge is 0.308 e. The van der Waals surface area contributed by atoms with Crippen LogP contribution >= 0.6 is 0 Å². The van der Waals surface area contributed by atoms with Gasteiger partial charge in [-0.25, -0.2) is 10.8 Å². The van der Waals surface area contributed by atoms with Crippen LogP contribution in [0, 0.1) is 0 Å². The minimum absolute atomic E-state index is 0.703. The fourth-order valence-electron chi connectivity index (χ4n) is 1.79. The molecule has 3 N–H and O–H groups in total. The summed E-state index contributed by atoms with van der Waals surface area (Å²) in [6, 6.07) is 3.98. The van der Waals surface area contributed by atoms with E-state index in [4.69, 9.17) is 5.84 Å². The molecule has 0 fully saturated rings. The number of hydrogen-bond acceptors (Lipinski definition) is 5. The van der Waals surface area contributed by atoms with Crippen molar-refractivity contribution in [2.45, 2.75) is 19.9 Å². The molecule has 0 aromatic carbocycles. The highest BCUT2D eigenvalue weighted by Crippen LogP contribution is 2.07. The summed E-state index contributed by atoms with van der Waals surface area (Å²) in [6.45, 7) is 6.43. The number of nitrogens with one attached hydrogen (secondary N) is 1. The lowest BCUT2D eigenvalue weighted by Gasteiger charge is -2.23.